The minimum Gasteiger partial charge on any atom is -0.480 e. The summed E-state index contributed by atoms with van der Waals surface area (Å²) in [6.07, 6.45) is 20.3. The number of rotatable bonds is 28. The molecule has 18 rings (SSSR count). The average Bonchev–Trinajstić information content (AvgIpc) is 1.60. The second kappa shape index (κ2) is 48.2. The molecule has 0 radical (unpaired) electrons. The fourth-order valence-electron chi connectivity index (χ4n) is 18.5. The van der Waals surface area contributed by atoms with Crippen LogP contribution < -0.4 is 33.0 Å². The number of benzene rings is 9. The van der Waals surface area contributed by atoms with Crippen molar-refractivity contribution in [2.24, 2.45) is 5.73 Å². The molecule has 0 spiro atoms. The van der Waals surface area contributed by atoms with Crippen molar-refractivity contribution in [2.45, 2.75) is 185 Å². The molecule has 3 saturated carbocycles. The van der Waals surface area contributed by atoms with E-state index >= 15 is 8.78 Å². The number of halogens is 6. The molecule has 6 N–H and O–H groups in total. The van der Waals surface area contributed by atoms with Gasteiger partial charge in [0.15, 0.2) is 0 Å². The molecule has 0 bridgehead atoms. The van der Waals surface area contributed by atoms with Gasteiger partial charge in [-0.1, -0.05) is 222 Å². The van der Waals surface area contributed by atoms with E-state index in [4.69, 9.17) is 26.5 Å². The highest BCUT2D eigenvalue weighted by Crippen LogP contribution is 2.41. The first-order valence-corrected chi connectivity index (χ1v) is 47.3. The minimum absolute atomic E-state index is 0.0279. The molecule has 25 nitrogen and oxygen atoms in total. The van der Waals surface area contributed by atoms with Gasteiger partial charge in [0.1, 0.15) is 106 Å². The first-order valence-electron chi connectivity index (χ1n) is 47.8. The van der Waals surface area contributed by atoms with E-state index in [1.807, 2.05) is 80.4 Å². The van der Waals surface area contributed by atoms with Gasteiger partial charge in [0, 0.05) is 31.0 Å². The number of pyridine rings is 3. The van der Waals surface area contributed by atoms with Crippen LogP contribution in [0.4, 0.5) is 26.3 Å². The zero-order valence-electron chi connectivity index (χ0n) is 79.3. The number of hydrogen-bond donors (Lipinski definition) is 5. The summed E-state index contributed by atoms with van der Waals surface area (Å²) in [5.74, 6) is -6.69. The summed E-state index contributed by atoms with van der Waals surface area (Å²) in [6, 6.07) is 64.6. The molecule has 3 aliphatic carbocycles. The molecule has 15 aromatic rings. The summed E-state index contributed by atoms with van der Waals surface area (Å²) in [6.45, 7) is 3.78. The molecular weight excluding hydrogens is 1820 g/mol. The molecule has 2 amide bonds. The smallest absolute Gasteiger partial charge is 0.352 e. The summed E-state index contributed by atoms with van der Waals surface area (Å²) in [4.78, 5) is 133. The van der Waals surface area contributed by atoms with Crippen molar-refractivity contribution < 1.29 is 76.2 Å². The third-order valence-electron chi connectivity index (χ3n) is 25.4. The maximum absolute atomic E-state index is 15.2. The summed E-state index contributed by atoms with van der Waals surface area (Å²) in [7, 11) is 0. The number of carboxylic acid groups (broad SMARTS) is 2. The van der Waals surface area contributed by atoms with E-state index < -0.39 is 99.4 Å². The van der Waals surface area contributed by atoms with Crippen molar-refractivity contribution in [3.63, 3.8) is 0 Å². The number of ether oxygens (including phenoxy) is 2. The highest BCUT2D eigenvalue weighted by molar-refractivity contribution is 6.00. The van der Waals surface area contributed by atoms with Gasteiger partial charge in [-0.05, 0) is 183 Å². The van der Waals surface area contributed by atoms with Gasteiger partial charge in [0.05, 0.1) is 66.1 Å². The van der Waals surface area contributed by atoms with Crippen molar-refractivity contribution in [2.75, 3.05) is 13.2 Å². The lowest BCUT2D eigenvalue weighted by Gasteiger charge is -2.26. The molecule has 0 aliphatic heterocycles. The molecule has 31 heteroatoms. The Bertz CT molecular complexity index is 7260. The number of amides is 2. The van der Waals surface area contributed by atoms with Crippen LogP contribution in [0.5, 0.6) is 0 Å². The van der Waals surface area contributed by atoms with Crippen LogP contribution in [-0.4, -0.2) is 120 Å². The van der Waals surface area contributed by atoms with Crippen molar-refractivity contribution in [3.8, 4) is 47.0 Å². The number of nitrogens with one attached hydrogen (secondary N) is 2. The Balaban J connectivity index is 0.000000158. The fourth-order valence-corrected chi connectivity index (χ4v) is 18.5. The molecule has 3 atom stereocenters. The minimum atomic E-state index is -1.28. The molecular formula is C111H108F6N12O13. The van der Waals surface area contributed by atoms with E-state index in [1.165, 1.54) is 117 Å². The SMILES string of the molecule is CCOC(=O)[C@@H](N)Cc1ccccc1.CCOC(=O)[C@H](Cc1ccccc1)NC(=O)c1cc2nc(-c3ccccc3F)n(C3CCCCC3)c2c(=O)n1Cc1ccc(F)cc1.O=C(N[C@@H](Cc1ccccc1)C(=O)O)c1cc2nc(-c3ccccc3F)n(C3CCCCC3)c2c(=O)n1Cc1ccc(F)cc1.O=C(O)c1cc2nc(-c3ccccc3F)n(C3CCCCC3)c2c(=O)n1Cc1ccc(F)cc1.[2H]C#C. The number of aromatic carboxylic acids is 1. The molecule has 6 heterocycles. The number of carbonyl (C=O) groups excluding carboxylic acids is 4. The van der Waals surface area contributed by atoms with Crippen LogP contribution >= 0.6 is 0 Å². The number of carbonyl (C=O) groups is 6. The van der Waals surface area contributed by atoms with E-state index in [-0.39, 0.29) is 130 Å². The number of esters is 2. The standard InChI is InChI=1S/C37H36F2N4O4.C35H32F2N4O4.C26H23F2N3O3.C11H15NO2.C2H2/c1-2-47-37(46)31(21-24-11-5-3-6-12-24)41-35(44)32-22-30-33(36(45)42(32)23-25-17-19-26(38)20-18-25)43(27-13-7-4-8-14-27)34(40-30)28-15-9-10-16-29(28)39;36-24-17-15-23(16-18-24)21-40-30(33(42)39-29(35(44)45)19-22-9-3-1-4-10-22)20-28-31(34(40)43)41(25-11-5-2-6-12-25)32(38-28)26-13-7-8-14-27(26)37;27-17-12-10-16(11-13-17)15-30-22(26(33)34)14-21-23(25(30)32)31(18-6-2-1-3-7-18)24(29-21)19-8-4-5-9-20(19)28;1-2-14-11(13)10(12)8-9-6-4-3-5-7-9;1-2/h3,5-6,9-12,15-20,22,27,31H,2,4,7-8,13-14,21,23H2,1H3,(H,41,44);1,3-4,7-10,13-18,20,25,29H,2,5-6,11-12,19,21H2,(H,39,42)(H,44,45);4-5,8-14,18H,1-3,6-7,15H2,(H,33,34);3-7,10H,2,8,12H2,1H3;1-2H/t31-;29-;;10-;/m00.0./s1/i;;;;1D. The molecule has 732 valence electrons. The molecule has 6 aromatic heterocycles. The first kappa shape index (κ1) is 101. The third-order valence-corrected chi connectivity index (χ3v) is 25.4. The second-order valence-electron chi connectivity index (χ2n) is 35.0. The van der Waals surface area contributed by atoms with Crippen LogP contribution in [0.15, 0.2) is 269 Å². The lowest BCUT2D eigenvalue weighted by Crippen LogP contribution is -2.45. The van der Waals surface area contributed by atoms with Gasteiger partial charge in [0.2, 0.25) is 0 Å². The van der Waals surface area contributed by atoms with Gasteiger partial charge in [-0.15, -0.1) is 12.8 Å². The number of aliphatic carboxylic acids is 1. The lowest BCUT2D eigenvalue weighted by molar-refractivity contribution is -0.145. The Morgan fingerprint density at radius 3 is 0.986 bits per heavy atom. The van der Waals surface area contributed by atoms with Crippen LogP contribution in [0.1, 0.15) is 195 Å². The average molecular weight is 1930 g/mol. The lowest BCUT2D eigenvalue weighted by atomic mass is 9.95. The van der Waals surface area contributed by atoms with Gasteiger partial charge >= 0.3 is 23.9 Å². The monoisotopic (exact) mass is 1930 g/mol. The van der Waals surface area contributed by atoms with Crippen molar-refractivity contribution >= 4 is 68.8 Å². The number of nitrogens with two attached hydrogens (primary N) is 1. The van der Waals surface area contributed by atoms with E-state index in [0.29, 0.717) is 52.8 Å². The summed E-state index contributed by atoms with van der Waals surface area (Å²) in [5.41, 5.74) is 10.3. The Morgan fingerprint density at radius 1 is 0.394 bits per heavy atom. The zero-order chi connectivity index (χ0) is 101. The van der Waals surface area contributed by atoms with E-state index in [2.05, 4.69) is 22.0 Å². The maximum Gasteiger partial charge on any atom is 0.352 e. The largest absolute Gasteiger partial charge is 0.480 e. The number of terminal acetylenes is 1. The maximum atomic E-state index is 15.2. The zero-order valence-corrected chi connectivity index (χ0v) is 78.3. The van der Waals surface area contributed by atoms with Crippen LogP contribution in [0.2, 0.25) is 0 Å². The molecule has 142 heavy (non-hydrogen) atoms. The molecule has 9 aromatic carbocycles. The highest BCUT2D eigenvalue weighted by Gasteiger charge is 2.35. The van der Waals surface area contributed by atoms with E-state index in [9.17, 15) is 70.9 Å². The highest BCUT2D eigenvalue weighted by atomic mass is 19.1. The predicted molar refractivity (Wildman–Crippen MR) is 530 cm³/mol. The van der Waals surface area contributed by atoms with Crippen molar-refractivity contribution in [3.05, 3.63) is 371 Å². The Morgan fingerprint density at radius 2 is 0.676 bits per heavy atom. The summed E-state index contributed by atoms with van der Waals surface area (Å²) >= 11 is 0. The van der Waals surface area contributed by atoms with Crippen molar-refractivity contribution in [1.29, 1.82) is 0 Å². The first-order chi connectivity index (χ1) is 69.2. The van der Waals surface area contributed by atoms with Crippen LogP contribution in [0, 0.1) is 47.7 Å². The molecule has 3 aliphatic rings. The quantitative estimate of drug-likeness (QED) is 0.0173. The molecule has 0 saturated heterocycles. The topological polar surface area (TPSA) is 331 Å². The number of carboxylic acids is 2. The number of hydrogen-bond acceptors (Lipinski definition) is 15. The number of aromatic nitrogens is 9. The normalized spacial score (nSPS) is 14.0. The Labute approximate surface area is 816 Å². The Hall–Kier alpha value is -15.8. The van der Waals surface area contributed by atoms with Gasteiger partial charge in [0.25, 0.3) is 28.5 Å². The van der Waals surface area contributed by atoms with Crippen LogP contribution in [0.3, 0.4) is 0 Å². The summed E-state index contributed by atoms with van der Waals surface area (Å²) in [5, 5.41) is 25.2. The molecule has 3 fully saturated rings. The number of fused-ring (bicyclic) bond motifs is 3. The van der Waals surface area contributed by atoms with E-state index in [1.54, 1.807) is 105 Å². The molecule has 0 unspecified atom stereocenters. The second-order valence-corrected chi connectivity index (χ2v) is 35.0. The third kappa shape index (κ3) is 24.5. The number of nitrogens with zero attached hydrogens (tertiary/aromatic N) is 9. The van der Waals surface area contributed by atoms with Crippen molar-refractivity contribution in [1.82, 2.24) is 53.0 Å². The Kier molecular flexibility index (Phi) is 34.1. The van der Waals surface area contributed by atoms with E-state index in [0.717, 1.165) is 107 Å². The van der Waals surface area contributed by atoms with Crippen LogP contribution in [0.25, 0.3) is 67.3 Å². The van der Waals surface area contributed by atoms with Gasteiger partial charge in [-0.25, -0.2) is 55.7 Å². The number of imidazole rings is 3. The van der Waals surface area contributed by atoms with Gasteiger partial charge in [-0.3, -0.25) is 42.5 Å². The van der Waals surface area contributed by atoms with Crippen LogP contribution in [-0.2, 0) is 62.8 Å². The predicted octanol–water partition coefficient (Wildman–Crippen LogP) is 19.5. The summed E-state index contributed by atoms with van der Waals surface area (Å²) < 4.78 is 111. The fraction of sp³-hybridized carbons (Fsp3) is 0.279. The van der Waals surface area contributed by atoms with Gasteiger partial charge < -0.3 is 49.8 Å². The van der Waals surface area contributed by atoms with Gasteiger partial charge in [-0.2, -0.15) is 0 Å².